The van der Waals surface area contributed by atoms with Crippen molar-refractivity contribution in [3.8, 4) is 5.75 Å². The van der Waals surface area contributed by atoms with Crippen LogP contribution in [-0.4, -0.2) is 15.9 Å². The maximum absolute atomic E-state index is 13.4. The van der Waals surface area contributed by atoms with Gasteiger partial charge in [0, 0.05) is 28.2 Å². The topological polar surface area (TPSA) is 63.8 Å². The summed E-state index contributed by atoms with van der Waals surface area (Å²) in [6, 6.07) is 18.7. The summed E-state index contributed by atoms with van der Waals surface area (Å²) in [5, 5.41) is 15.9. The summed E-state index contributed by atoms with van der Waals surface area (Å²) in [7, 11) is 0. The van der Waals surface area contributed by atoms with Crippen LogP contribution in [0.25, 0.3) is 0 Å². The standard InChI is InChI=1S/C28H23Cl2FN2O3/c1-18-2-4-20(5-3-18)15-33-16-22(14-32-36-17-21-8-9-23(29)13-26(21)30)27(34)25(28(33)35)12-19-6-10-24(31)11-7-19/h2-11,13-14,16,34H,12,15,17H2,1H3/b32-14-. The second-order valence-corrected chi connectivity index (χ2v) is 9.22. The maximum atomic E-state index is 13.4. The molecule has 0 saturated carbocycles. The summed E-state index contributed by atoms with van der Waals surface area (Å²) in [4.78, 5) is 18.7. The lowest BCUT2D eigenvalue weighted by atomic mass is 10.0. The fraction of sp³-hybridized carbons (Fsp3) is 0.143. The van der Waals surface area contributed by atoms with Crippen LogP contribution in [0, 0.1) is 12.7 Å². The number of hydrogen-bond acceptors (Lipinski definition) is 4. The van der Waals surface area contributed by atoms with Crippen LogP contribution in [0.2, 0.25) is 10.0 Å². The fourth-order valence-corrected chi connectivity index (χ4v) is 4.11. The Labute approximate surface area is 218 Å². The van der Waals surface area contributed by atoms with Gasteiger partial charge in [-0.3, -0.25) is 4.79 Å². The molecule has 1 heterocycles. The molecule has 3 aromatic carbocycles. The van der Waals surface area contributed by atoms with Crippen LogP contribution >= 0.6 is 23.2 Å². The van der Waals surface area contributed by atoms with Gasteiger partial charge in [-0.25, -0.2) is 4.39 Å². The van der Waals surface area contributed by atoms with E-state index in [4.69, 9.17) is 28.0 Å². The molecule has 4 aromatic rings. The molecule has 4 rings (SSSR count). The molecular formula is C28H23Cl2FN2O3. The van der Waals surface area contributed by atoms with Crippen molar-refractivity contribution in [3.05, 3.63) is 133 Å². The van der Waals surface area contributed by atoms with Crippen LogP contribution < -0.4 is 5.56 Å². The number of oxime groups is 1. The van der Waals surface area contributed by atoms with Crippen LogP contribution in [0.5, 0.6) is 5.75 Å². The molecule has 0 atom stereocenters. The molecule has 0 fully saturated rings. The highest BCUT2D eigenvalue weighted by Gasteiger charge is 2.16. The molecule has 0 saturated heterocycles. The minimum absolute atomic E-state index is 0.0959. The molecular weight excluding hydrogens is 502 g/mol. The highest BCUT2D eigenvalue weighted by molar-refractivity contribution is 6.35. The molecule has 0 amide bonds. The summed E-state index contributed by atoms with van der Waals surface area (Å²) in [6.45, 7) is 2.39. The first-order valence-corrected chi connectivity index (χ1v) is 11.9. The van der Waals surface area contributed by atoms with Gasteiger partial charge in [-0.2, -0.15) is 0 Å². The summed E-state index contributed by atoms with van der Waals surface area (Å²) in [5.41, 5.74) is 3.57. The molecule has 0 aliphatic heterocycles. The number of aromatic hydroxyl groups is 1. The maximum Gasteiger partial charge on any atom is 0.258 e. The summed E-state index contributed by atoms with van der Waals surface area (Å²) >= 11 is 12.1. The molecule has 0 aliphatic rings. The monoisotopic (exact) mass is 524 g/mol. The number of aryl methyl sites for hydroxylation is 1. The summed E-state index contributed by atoms with van der Waals surface area (Å²) in [5.74, 6) is -0.583. The Hall–Kier alpha value is -3.61. The average Bonchev–Trinajstić information content (AvgIpc) is 2.85. The molecule has 1 N–H and O–H groups in total. The van der Waals surface area contributed by atoms with Crippen molar-refractivity contribution in [1.29, 1.82) is 0 Å². The van der Waals surface area contributed by atoms with Gasteiger partial charge in [0.25, 0.3) is 5.56 Å². The SMILES string of the molecule is Cc1ccc(Cn2cc(/C=N\OCc3ccc(Cl)cc3Cl)c(O)c(Cc3ccc(F)cc3)c2=O)cc1. The van der Waals surface area contributed by atoms with Crippen LogP contribution in [0.1, 0.15) is 33.4 Å². The predicted molar refractivity (Wildman–Crippen MR) is 141 cm³/mol. The minimum atomic E-state index is -0.376. The van der Waals surface area contributed by atoms with Crippen LogP contribution in [0.15, 0.2) is 82.9 Å². The van der Waals surface area contributed by atoms with Gasteiger partial charge in [-0.15, -0.1) is 0 Å². The molecule has 184 valence electrons. The van der Waals surface area contributed by atoms with E-state index in [1.165, 1.54) is 29.1 Å². The van der Waals surface area contributed by atoms with Crippen molar-refractivity contribution in [1.82, 2.24) is 4.57 Å². The lowest BCUT2D eigenvalue weighted by Crippen LogP contribution is -2.25. The summed E-state index contributed by atoms with van der Waals surface area (Å²) < 4.78 is 14.9. The van der Waals surface area contributed by atoms with E-state index < -0.39 is 0 Å². The van der Waals surface area contributed by atoms with E-state index in [-0.39, 0.29) is 35.7 Å². The van der Waals surface area contributed by atoms with Gasteiger partial charge in [-0.1, -0.05) is 76.4 Å². The van der Waals surface area contributed by atoms with E-state index in [0.717, 1.165) is 11.1 Å². The van der Waals surface area contributed by atoms with Gasteiger partial charge in [0.1, 0.15) is 18.2 Å². The third kappa shape index (κ3) is 6.33. The first kappa shape index (κ1) is 25.5. The molecule has 0 bridgehead atoms. The van der Waals surface area contributed by atoms with E-state index in [2.05, 4.69) is 5.16 Å². The Bertz CT molecular complexity index is 1450. The number of benzene rings is 3. The van der Waals surface area contributed by atoms with Gasteiger partial charge in [0.15, 0.2) is 0 Å². The normalized spacial score (nSPS) is 11.2. The van der Waals surface area contributed by atoms with E-state index in [1.807, 2.05) is 31.2 Å². The highest BCUT2D eigenvalue weighted by Crippen LogP contribution is 2.23. The number of aromatic nitrogens is 1. The Balaban J connectivity index is 1.64. The second-order valence-electron chi connectivity index (χ2n) is 8.38. The Kier molecular flexibility index (Phi) is 8.08. The molecule has 0 unspecified atom stereocenters. The van der Waals surface area contributed by atoms with E-state index in [0.29, 0.717) is 33.3 Å². The van der Waals surface area contributed by atoms with Crippen molar-refractivity contribution in [2.75, 3.05) is 0 Å². The van der Waals surface area contributed by atoms with Crippen molar-refractivity contribution >= 4 is 29.4 Å². The molecule has 0 aliphatic carbocycles. The van der Waals surface area contributed by atoms with Crippen LogP contribution in [-0.2, 0) is 24.4 Å². The molecule has 0 radical (unpaired) electrons. The number of hydrogen-bond donors (Lipinski definition) is 1. The van der Waals surface area contributed by atoms with Crippen LogP contribution in [0.4, 0.5) is 4.39 Å². The third-order valence-electron chi connectivity index (χ3n) is 5.64. The Morgan fingerprint density at radius 3 is 2.42 bits per heavy atom. The van der Waals surface area contributed by atoms with Gasteiger partial charge >= 0.3 is 0 Å². The van der Waals surface area contributed by atoms with Crippen molar-refractivity contribution in [2.45, 2.75) is 26.5 Å². The number of rotatable bonds is 8. The number of nitrogens with zero attached hydrogens (tertiary/aromatic N) is 2. The molecule has 1 aromatic heterocycles. The zero-order valence-electron chi connectivity index (χ0n) is 19.4. The first-order valence-electron chi connectivity index (χ1n) is 11.1. The van der Waals surface area contributed by atoms with E-state index in [1.54, 1.807) is 30.3 Å². The van der Waals surface area contributed by atoms with Crippen molar-refractivity contribution in [3.63, 3.8) is 0 Å². The van der Waals surface area contributed by atoms with E-state index in [9.17, 15) is 14.3 Å². The quantitative estimate of drug-likeness (QED) is 0.211. The van der Waals surface area contributed by atoms with Gasteiger partial charge in [0.2, 0.25) is 0 Å². The Morgan fingerprint density at radius 1 is 1.03 bits per heavy atom. The number of halogens is 3. The Morgan fingerprint density at radius 2 is 1.72 bits per heavy atom. The molecule has 36 heavy (non-hydrogen) atoms. The van der Waals surface area contributed by atoms with E-state index >= 15 is 0 Å². The molecule has 8 heteroatoms. The first-order chi connectivity index (χ1) is 17.3. The number of pyridine rings is 1. The van der Waals surface area contributed by atoms with Gasteiger partial charge < -0.3 is 14.5 Å². The van der Waals surface area contributed by atoms with Crippen LogP contribution in [0.3, 0.4) is 0 Å². The lowest BCUT2D eigenvalue weighted by Gasteiger charge is -2.13. The largest absolute Gasteiger partial charge is 0.507 e. The fourth-order valence-electron chi connectivity index (χ4n) is 3.64. The van der Waals surface area contributed by atoms with Crippen molar-refractivity contribution in [2.24, 2.45) is 5.16 Å². The van der Waals surface area contributed by atoms with Gasteiger partial charge in [0.05, 0.1) is 23.9 Å². The zero-order chi connectivity index (χ0) is 25.7. The highest BCUT2D eigenvalue weighted by atomic mass is 35.5. The predicted octanol–water partition coefficient (Wildman–Crippen LogP) is 6.50. The lowest BCUT2D eigenvalue weighted by molar-refractivity contribution is 0.132. The second kappa shape index (κ2) is 11.4. The minimum Gasteiger partial charge on any atom is -0.507 e. The molecule has 5 nitrogen and oxygen atoms in total. The zero-order valence-corrected chi connectivity index (χ0v) is 20.9. The average molecular weight is 525 g/mol. The van der Waals surface area contributed by atoms with Gasteiger partial charge in [-0.05, 0) is 42.3 Å². The third-order valence-corrected chi connectivity index (χ3v) is 6.23. The summed E-state index contributed by atoms with van der Waals surface area (Å²) in [6.07, 6.45) is 3.01. The smallest absolute Gasteiger partial charge is 0.258 e. The molecule has 0 spiro atoms. The van der Waals surface area contributed by atoms with Crippen molar-refractivity contribution < 1.29 is 14.3 Å².